The smallest absolute Gasteiger partial charge is 0.329 e. The van der Waals surface area contributed by atoms with Gasteiger partial charge >= 0.3 is 12.0 Å². The maximum Gasteiger partial charge on any atom is 0.329 e. The van der Waals surface area contributed by atoms with Gasteiger partial charge in [-0.15, -0.1) is 0 Å². The van der Waals surface area contributed by atoms with E-state index in [2.05, 4.69) is 0 Å². The van der Waals surface area contributed by atoms with E-state index in [1.165, 1.54) is 11.8 Å². The molecule has 0 spiro atoms. The quantitative estimate of drug-likeness (QED) is 0.768. The molecule has 7 heteroatoms. The van der Waals surface area contributed by atoms with Crippen molar-refractivity contribution in [1.82, 2.24) is 14.7 Å². The van der Waals surface area contributed by atoms with E-state index in [1.807, 2.05) is 0 Å². The first-order chi connectivity index (χ1) is 9.86. The number of urea groups is 1. The molecule has 2 heterocycles. The molecule has 2 fully saturated rings. The summed E-state index contributed by atoms with van der Waals surface area (Å²) in [6, 6.07) is -0.220. The maximum atomic E-state index is 12.6. The second-order valence-corrected chi connectivity index (χ2v) is 5.96. The van der Waals surface area contributed by atoms with Gasteiger partial charge in [-0.05, 0) is 26.2 Å². The van der Waals surface area contributed by atoms with Gasteiger partial charge in [0.15, 0.2) is 0 Å². The lowest BCUT2D eigenvalue weighted by atomic mass is 10.00. The second kappa shape index (κ2) is 5.91. The van der Waals surface area contributed by atoms with Crippen LogP contribution in [0.15, 0.2) is 0 Å². The van der Waals surface area contributed by atoms with Gasteiger partial charge in [0.2, 0.25) is 5.91 Å². The van der Waals surface area contributed by atoms with Crippen molar-refractivity contribution in [3.05, 3.63) is 0 Å². The SMILES string of the molecule is CC(=O)N1CCCN(C(=O)N2CCCC2(C)C(=O)O)CC1. The van der Waals surface area contributed by atoms with E-state index < -0.39 is 11.5 Å². The van der Waals surface area contributed by atoms with Crippen LogP contribution < -0.4 is 0 Å². The molecule has 0 aromatic carbocycles. The van der Waals surface area contributed by atoms with Crippen LogP contribution in [-0.2, 0) is 9.59 Å². The Bertz CT molecular complexity index is 454. The lowest BCUT2D eigenvalue weighted by Gasteiger charge is -2.35. The molecule has 7 nitrogen and oxygen atoms in total. The molecule has 2 saturated heterocycles. The number of hydrogen-bond donors (Lipinski definition) is 1. The summed E-state index contributed by atoms with van der Waals surface area (Å²) >= 11 is 0. The van der Waals surface area contributed by atoms with E-state index in [0.29, 0.717) is 45.6 Å². The van der Waals surface area contributed by atoms with Gasteiger partial charge in [0.05, 0.1) is 0 Å². The van der Waals surface area contributed by atoms with Gasteiger partial charge in [-0.2, -0.15) is 0 Å². The van der Waals surface area contributed by atoms with Gasteiger partial charge < -0.3 is 19.8 Å². The average molecular weight is 297 g/mol. The van der Waals surface area contributed by atoms with Crippen LogP contribution >= 0.6 is 0 Å². The Hall–Kier alpha value is -1.79. The van der Waals surface area contributed by atoms with Crippen LogP contribution in [0.1, 0.15) is 33.1 Å². The highest BCUT2D eigenvalue weighted by Crippen LogP contribution is 2.30. The summed E-state index contributed by atoms with van der Waals surface area (Å²) in [6.07, 6.45) is 1.92. The molecule has 1 unspecified atom stereocenters. The first kappa shape index (κ1) is 15.6. The molecule has 2 rings (SSSR count). The van der Waals surface area contributed by atoms with Crippen LogP contribution in [0.4, 0.5) is 4.79 Å². The van der Waals surface area contributed by atoms with Gasteiger partial charge in [-0.1, -0.05) is 0 Å². The molecule has 1 N–H and O–H groups in total. The number of aliphatic carboxylic acids is 1. The molecule has 0 saturated carbocycles. The second-order valence-electron chi connectivity index (χ2n) is 5.96. The molecular weight excluding hydrogens is 274 g/mol. The van der Waals surface area contributed by atoms with E-state index in [0.717, 1.165) is 6.42 Å². The fourth-order valence-corrected chi connectivity index (χ4v) is 3.09. The Morgan fingerprint density at radius 3 is 2.19 bits per heavy atom. The van der Waals surface area contributed by atoms with Gasteiger partial charge in [-0.3, -0.25) is 4.79 Å². The van der Waals surface area contributed by atoms with Crippen LogP contribution in [0.25, 0.3) is 0 Å². The van der Waals surface area contributed by atoms with Gasteiger partial charge in [0, 0.05) is 39.6 Å². The first-order valence-electron chi connectivity index (χ1n) is 7.42. The van der Waals surface area contributed by atoms with Crippen molar-refractivity contribution in [2.45, 2.75) is 38.6 Å². The molecule has 0 aromatic rings. The zero-order valence-corrected chi connectivity index (χ0v) is 12.7. The Morgan fingerprint density at radius 2 is 1.57 bits per heavy atom. The molecule has 0 bridgehead atoms. The Balaban J connectivity index is 2.06. The summed E-state index contributed by atoms with van der Waals surface area (Å²) in [4.78, 5) is 40.4. The normalized spacial score (nSPS) is 26.7. The molecule has 3 amide bonds. The van der Waals surface area contributed by atoms with Crippen molar-refractivity contribution in [2.24, 2.45) is 0 Å². The highest BCUT2D eigenvalue weighted by Gasteiger charge is 2.47. The maximum absolute atomic E-state index is 12.6. The number of likely N-dealkylation sites (tertiary alicyclic amines) is 1. The largest absolute Gasteiger partial charge is 0.480 e. The van der Waals surface area contributed by atoms with Crippen molar-refractivity contribution in [2.75, 3.05) is 32.7 Å². The van der Waals surface area contributed by atoms with Gasteiger partial charge in [-0.25, -0.2) is 9.59 Å². The van der Waals surface area contributed by atoms with Crippen molar-refractivity contribution in [3.63, 3.8) is 0 Å². The predicted molar refractivity (Wildman–Crippen MR) is 75.8 cm³/mol. The summed E-state index contributed by atoms with van der Waals surface area (Å²) in [5.41, 5.74) is -1.11. The van der Waals surface area contributed by atoms with Crippen LogP contribution in [0, 0.1) is 0 Å². The summed E-state index contributed by atoms with van der Waals surface area (Å²) < 4.78 is 0. The first-order valence-corrected chi connectivity index (χ1v) is 7.42. The fraction of sp³-hybridized carbons (Fsp3) is 0.786. The van der Waals surface area contributed by atoms with Crippen molar-refractivity contribution >= 4 is 17.9 Å². The van der Waals surface area contributed by atoms with Gasteiger partial charge in [0.25, 0.3) is 0 Å². The molecule has 118 valence electrons. The molecule has 0 aromatic heterocycles. The Kier molecular flexibility index (Phi) is 4.39. The number of hydrogen-bond acceptors (Lipinski definition) is 3. The summed E-state index contributed by atoms with van der Waals surface area (Å²) in [5, 5.41) is 9.40. The Labute approximate surface area is 124 Å². The molecular formula is C14H23N3O4. The fourth-order valence-electron chi connectivity index (χ4n) is 3.09. The standard InChI is InChI=1S/C14H23N3O4/c1-11(18)15-6-4-7-16(10-9-15)13(21)17-8-3-5-14(17,2)12(19)20/h3-10H2,1-2H3,(H,19,20). The molecule has 0 radical (unpaired) electrons. The molecule has 2 aliphatic heterocycles. The van der Waals surface area contributed by atoms with Crippen molar-refractivity contribution in [1.29, 1.82) is 0 Å². The predicted octanol–water partition coefficient (Wildman–Crippen LogP) is 0.600. The summed E-state index contributed by atoms with van der Waals surface area (Å²) in [7, 11) is 0. The third kappa shape index (κ3) is 2.96. The Morgan fingerprint density at radius 1 is 0.952 bits per heavy atom. The van der Waals surface area contributed by atoms with Gasteiger partial charge in [0.1, 0.15) is 5.54 Å². The minimum Gasteiger partial charge on any atom is -0.480 e. The lowest BCUT2D eigenvalue weighted by molar-refractivity contribution is -0.147. The van der Waals surface area contributed by atoms with Crippen LogP contribution in [0.2, 0.25) is 0 Å². The molecule has 2 aliphatic rings. The summed E-state index contributed by atoms with van der Waals surface area (Å²) in [6.45, 7) is 5.81. The number of carboxylic acids is 1. The third-order valence-corrected chi connectivity index (χ3v) is 4.54. The molecule has 21 heavy (non-hydrogen) atoms. The van der Waals surface area contributed by atoms with Crippen molar-refractivity contribution in [3.8, 4) is 0 Å². The highest BCUT2D eigenvalue weighted by molar-refractivity contribution is 5.86. The van der Waals surface area contributed by atoms with Crippen LogP contribution in [0.3, 0.4) is 0 Å². The molecule has 1 atom stereocenters. The highest BCUT2D eigenvalue weighted by atomic mass is 16.4. The number of nitrogens with zero attached hydrogens (tertiary/aromatic N) is 3. The number of carbonyl (C=O) groups is 3. The number of carbonyl (C=O) groups excluding carboxylic acids is 2. The van der Waals surface area contributed by atoms with E-state index in [4.69, 9.17) is 0 Å². The van der Waals surface area contributed by atoms with Crippen molar-refractivity contribution < 1.29 is 19.5 Å². The molecule has 0 aliphatic carbocycles. The van der Waals surface area contributed by atoms with Crippen LogP contribution in [0.5, 0.6) is 0 Å². The monoisotopic (exact) mass is 297 g/mol. The number of carboxylic acid groups (broad SMARTS) is 1. The zero-order valence-electron chi connectivity index (χ0n) is 12.7. The van der Waals surface area contributed by atoms with Crippen LogP contribution in [-0.4, -0.2) is 76.0 Å². The van der Waals surface area contributed by atoms with E-state index in [-0.39, 0.29) is 11.9 Å². The van der Waals surface area contributed by atoms with E-state index in [9.17, 15) is 19.5 Å². The lowest BCUT2D eigenvalue weighted by Crippen LogP contribution is -2.55. The van der Waals surface area contributed by atoms with E-state index >= 15 is 0 Å². The number of rotatable bonds is 1. The topological polar surface area (TPSA) is 81.2 Å². The third-order valence-electron chi connectivity index (χ3n) is 4.54. The summed E-state index contributed by atoms with van der Waals surface area (Å²) in [5.74, 6) is -0.936. The minimum atomic E-state index is -1.11. The van der Waals surface area contributed by atoms with E-state index in [1.54, 1.807) is 16.7 Å². The zero-order chi connectivity index (χ0) is 15.6. The average Bonchev–Trinajstić information content (AvgIpc) is 2.68. The number of amides is 3. The minimum absolute atomic E-state index is 0.0147.